The Kier molecular flexibility index (Phi) is 3.12. The van der Waals surface area contributed by atoms with Crippen molar-refractivity contribution in [2.45, 2.75) is 40.7 Å². The van der Waals surface area contributed by atoms with Crippen LogP contribution >= 0.6 is 0 Å². The zero-order valence-corrected chi connectivity index (χ0v) is 11.5. The fourth-order valence-corrected chi connectivity index (χ4v) is 2.65. The first kappa shape index (κ1) is 13.0. The first-order chi connectivity index (χ1) is 8.35. The molecule has 6 nitrogen and oxygen atoms in total. The van der Waals surface area contributed by atoms with Gasteiger partial charge in [-0.3, -0.25) is 4.79 Å². The lowest BCUT2D eigenvalue weighted by molar-refractivity contribution is -0.121. The van der Waals surface area contributed by atoms with Crippen molar-refractivity contribution in [3.8, 4) is 0 Å². The number of nitrogens with one attached hydrogen (secondary N) is 1. The van der Waals surface area contributed by atoms with Crippen LogP contribution in [-0.4, -0.2) is 32.7 Å². The number of aryl methyl sites for hydroxylation is 1. The molecule has 6 heteroatoms. The molecule has 0 unspecified atom stereocenters. The molecule has 1 aliphatic carbocycles. The average molecular weight is 251 g/mol. The number of amides is 1. The van der Waals surface area contributed by atoms with Crippen LogP contribution in [0.15, 0.2) is 6.33 Å². The maximum absolute atomic E-state index is 11.7. The van der Waals surface area contributed by atoms with Crippen molar-refractivity contribution in [2.75, 3.05) is 6.54 Å². The molecule has 1 N–H and O–H groups in total. The Labute approximate surface area is 107 Å². The van der Waals surface area contributed by atoms with Crippen molar-refractivity contribution in [1.82, 2.24) is 25.5 Å². The first-order valence-electron chi connectivity index (χ1n) is 6.33. The van der Waals surface area contributed by atoms with Crippen molar-refractivity contribution in [1.29, 1.82) is 0 Å². The second-order valence-electron chi connectivity index (χ2n) is 6.12. The Hall–Kier alpha value is -1.46. The molecule has 0 bridgehead atoms. The molecule has 1 fully saturated rings. The van der Waals surface area contributed by atoms with Crippen LogP contribution in [-0.2, 0) is 11.3 Å². The number of hydrogen-bond donors (Lipinski definition) is 1. The van der Waals surface area contributed by atoms with Crippen molar-refractivity contribution in [3.63, 3.8) is 0 Å². The largest absolute Gasteiger partial charge is 0.356 e. The van der Waals surface area contributed by atoms with E-state index in [0.29, 0.717) is 29.7 Å². The lowest BCUT2D eigenvalue weighted by Gasteiger charge is -2.06. The van der Waals surface area contributed by atoms with Gasteiger partial charge >= 0.3 is 0 Å². The van der Waals surface area contributed by atoms with Crippen LogP contribution in [0.1, 0.15) is 34.1 Å². The number of aromatic nitrogens is 4. The van der Waals surface area contributed by atoms with Crippen molar-refractivity contribution in [3.05, 3.63) is 6.33 Å². The Balaban J connectivity index is 1.70. The molecule has 0 atom stereocenters. The van der Waals surface area contributed by atoms with E-state index in [1.165, 1.54) is 6.33 Å². The van der Waals surface area contributed by atoms with Gasteiger partial charge in [-0.25, -0.2) is 4.68 Å². The molecular formula is C12H21N5O. The van der Waals surface area contributed by atoms with Gasteiger partial charge in [0.05, 0.1) is 6.54 Å². The summed E-state index contributed by atoms with van der Waals surface area (Å²) in [5, 5.41) is 13.8. The summed E-state index contributed by atoms with van der Waals surface area (Å²) >= 11 is 0. The Bertz CT molecular complexity index is 410. The highest BCUT2D eigenvalue weighted by Gasteiger charge is 2.64. The molecule has 0 spiro atoms. The lowest BCUT2D eigenvalue weighted by Crippen LogP contribution is -2.28. The van der Waals surface area contributed by atoms with Crippen LogP contribution in [0.4, 0.5) is 0 Å². The number of nitrogens with zero attached hydrogens (tertiary/aromatic N) is 4. The van der Waals surface area contributed by atoms with E-state index < -0.39 is 0 Å². The van der Waals surface area contributed by atoms with Gasteiger partial charge in [0.15, 0.2) is 0 Å². The summed E-state index contributed by atoms with van der Waals surface area (Å²) in [5.74, 6) is 0.617. The quantitative estimate of drug-likeness (QED) is 0.842. The van der Waals surface area contributed by atoms with Crippen LogP contribution in [0, 0.1) is 16.7 Å². The van der Waals surface area contributed by atoms with Gasteiger partial charge in [-0.15, -0.1) is 5.10 Å². The van der Waals surface area contributed by atoms with Crippen LogP contribution in [0.5, 0.6) is 0 Å². The van der Waals surface area contributed by atoms with Crippen LogP contribution in [0.3, 0.4) is 0 Å². The molecule has 1 aromatic heterocycles. The molecule has 100 valence electrons. The number of hydrogen-bond acceptors (Lipinski definition) is 4. The smallest absolute Gasteiger partial charge is 0.221 e. The van der Waals surface area contributed by atoms with Crippen LogP contribution < -0.4 is 5.32 Å². The predicted octanol–water partition coefficient (Wildman–Crippen LogP) is 0.862. The number of rotatable bonds is 5. The fraction of sp³-hybridized carbons (Fsp3) is 0.833. The molecule has 0 saturated heterocycles. The van der Waals surface area contributed by atoms with E-state index in [-0.39, 0.29) is 5.91 Å². The molecular weight excluding hydrogens is 230 g/mol. The highest BCUT2D eigenvalue weighted by molar-refractivity contribution is 5.75. The van der Waals surface area contributed by atoms with Crippen LogP contribution in [0.25, 0.3) is 0 Å². The molecule has 0 aliphatic heterocycles. The predicted molar refractivity (Wildman–Crippen MR) is 66.5 cm³/mol. The third kappa shape index (κ3) is 2.23. The van der Waals surface area contributed by atoms with Crippen molar-refractivity contribution in [2.24, 2.45) is 16.7 Å². The molecule has 1 heterocycles. The zero-order valence-electron chi connectivity index (χ0n) is 11.5. The molecule has 18 heavy (non-hydrogen) atoms. The highest BCUT2D eigenvalue weighted by Crippen LogP contribution is 2.67. The normalized spacial score (nSPS) is 20.7. The maximum Gasteiger partial charge on any atom is 0.221 e. The Morgan fingerprint density at radius 1 is 1.33 bits per heavy atom. The van der Waals surface area contributed by atoms with Crippen molar-refractivity contribution < 1.29 is 4.79 Å². The summed E-state index contributed by atoms with van der Waals surface area (Å²) in [4.78, 5) is 11.7. The van der Waals surface area contributed by atoms with Gasteiger partial charge in [0.25, 0.3) is 0 Å². The minimum atomic E-state index is 0.0593. The van der Waals surface area contributed by atoms with Gasteiger partial charge in [0.2, 0.25) is 5.91 Å². The molecule has 0 radical (unpaired) electrons. The van der Waals surface area contributed by atoms with Gasteiger partial charge < -0.3 is 5.32 Å². The van der Waals surface area contributed by atoms with E-state index in [1.807, 2.05) is 0 Å². The third-order valence-corrected chi connectivity index (χ3v) is 4.78. The van der Waals surface area contributed by atoms with E-state index in [9.17, 15) is 4.79 Å². The lowest BCUT2D eigenvalue weighted by atomic mass is 10.0. The molecule has 1 aliphatic rings. The van der Waals surface area contributed by atoms with Gasteiger partial charge in [-0.2, -0.15) is 0 Å². The molecule has 2 rings (SSSR count). The Morgan fingerprint density at radius 3 is 2.50 bits per heavy atom. The SMILES string of the molecule is CC1(C)C(CNC(=O)CCn2cnnn2)C1(C)C. The highest BCUT2D eigenvalue weighted by atomic mass is 16.1. The fourth-order valence-electron chi connectivity index (χ4n) is 2.65. The van der Waals surface area contributed by atoms with Gasteiger partial charge in [0, 0.05) is 13.0 Å². The molecule has 1 amide bonds. The van der Waals surface area contributed by atoms with Gasteiger partial charge in [-0.1, -0.05) is 27.7 Å². The maximum atomic E-state index is 11.7. The standard InChI is InChI=1S/C12H21N5O/c1-11(2)9(12(11,3)4)7-13-10(18)5-6-17-8-14-15-16-17/h8-9H,5-7H2,1-4H3,(H,13,18). The summed E-state index contributed by atoms with van der Waals surface area (Å²) in [6.45, 7) is 10.3. The van der Waals surface area contributed by atoms with E-state index >= 15 is 0 Å². The second kappa shape index (κ2) is 4.33. The average Bonchev–Trinajstić information content (AvgIpc) is 2.71. The summed E-state index contributed by atoms with van der Waals surface area (Å²) in [6, 6.07) is 0. The topological polar surface area (TPSA) is 72.7 Å². The van der Waals surface area contributed by atoms with E-state index in [4.69, 9.17) is 0 Å². The van der Waals surface area contributed by atoms with E-state index in [0.717, 1.165) is 6.54 Å². The van der Waals surface area contributed by atoms with Gasteiger partial charge in [-0.05, 0) is 27.2 Å². The minimum Gasteiger partial charge on any atom is -0.356 e. The summed E-state index contributed by atoms with van der Waals surface area (Å²) in [6.07, 6.45) is 1.93. The van der Waals surface area contributed by atoms with Crippen LogP contribution in [0.2, 0.25) is 0 Å². The van der Waals surface area contributed by atoms with Crippen molar-refractivity contribution >= 4 is 5.91 Å². The number of carbonyl (C=O) groups excluding carboxylic acids is 1. The molecule has 1 aromatic rings. The second-order valence-corrected chi connectivity index (χ2v) is 6.12. The summed E-state index contributed by atoms with van der Waals surface area (Å²) < 4.78 is 1.56. The van der Waals surface area contributed by atoms with Gasteiger partial charge in [0.1, 0.15) is 6.33 Å². The zero-order chi connectivity index (χ0) is 13.4. The summed E-state index contributed by atoms with van der Waals surface area (Å²) in [7, 11) is 0. The molecule has 0 aromatic carbocycles. The summed E-state index contributed by atoms with van der Waals surface area (Å²) in [5.41, 5.74) is 0.631. The monoisotopic (exact) mass is 251 g/mol. The minimum absolute atomic E-state index is 0.0593. The number of carbonyl (C=O) groups is 1. The third-order valence-electron chi connectivity index (χ3n) is 4.78. The van der Waals surface area contributed by atoms with E-state index in [2.05, 4.69) is 48.5 Å². The number of tetrazole rings is 1. The van der Waals surface area contributed by atoms with E-state index in [1.54, 1.807) is 4.68 Å². The molecule has 1 saturated carbocycles. The Morgan fingerprint density at radius 2 is 2.00 bits per heavy atom. The first-order valence-corrected chi connectivity index (χ1v) is 6.33.